The van der Waals surface area contributed by atoms with Gasteiger partial charge in [0.15, 0.2) is 10.8 Å². The average molecular weight is 588 g/mol. The highest BCUT2D eigenvalue weighted by atomic mass is 79.9. The fourth-order valence-electron chi connectivity index (χ4n) is 4.57. The molecule has 37 heavy (non-hydrogen) atoms. The maximum atomic E-state index is 12.7. The number of hydrazone groups is 2. The number of fused-ring (bicyclic) bond motifs is 2. The van der Waals surface area contributed by atoms with Gasteiger partial charge in [-0.3, -0.25) is 4.79 Å². The second-order valence-electron chi connectivity index (χ2n) is 8.61. The molecule has 0 saturated carbocycles. The quantitative estimate of drug-likeness (QED) is 0.246. The lowest BCUT2D eigenvalue weighted by atomic mass is 9.93. The van der Waals surface area contributed by atoms with E-state index in [1.165, 1.54) is 11.8 Å². The van der Waals surface area contributed by atoms with E-state index in [9.17, 15) is 4.79 Å². The van der Waals surface area contributed by atoms with Gasteiger partial charge in [-0.1, -0.05) is 88.2 Å². The SMILES string of the molecule is CC(=O)C1=NN(c2cccc(Cl)c2)[C@]2(S1)c1ccccc1C(c1ccc(Br)cc1)=NN2c1ccccc1. The molecular formula is C29H20BrClN4OS. The van der Waals surface area contributed by atoms with Crippen LogP contribution in [0.5, 0.6) is 0 Å². The molecule has 0 fully saturated rings. The summed E-state index contributed by atoms with van der Waals surface area (Å²) in [5, 5.41) is 14.9. The number of benzene rings is 4. The van der Waals surface area contributed by atoms with Gasteiger partial charge in [0.1, 0.15) is 0 Å². The van der Waals surface area contributed by atoms with Crippen LogP contribution >= 0.6 is 39.3 Å². The average Bonchev–Trinajstić information content (AvgIpc) is 3.32. The summed E-state index contributed by atoms with van der Waals surface area (Å²) in [7, 11) is 0. The van der Waals surface area contributed by atoms with Crippen LogP contribution in [0, 0.1) is 0 Å². The molecule has 0 unspecified atom stereocenters. The standard InChI is InChI=1S/C29H20BrClN4OS/c1-19(36)28-33-35(24-11-7-8-22(31)18-24)29(37-28)26-13-6-5-12-25(26)27(20-14-16-21(30)17-15-20)32-34(29)23-9-3-2-4-10-23/h2-18H,1H3/t29-/m0/s1. The predicted molar refractivity (Wildman–Crippen MR) is 156 cm³/mol. The largest absolute Gasteiger partial charge is 0.292 e. The van der Waals surface area contributed by atoms with Crippen LogP contribution in [0.15, 0.2) is 118 Å². The predicted octanol–water partition coefficient (Wildman–Crippen LogP) is 7.64. The number of Topliss-reactive ketones (excluding diaryl/α,β-unsaturated/α-hetero) is 1. The molecule has 0 N–H and O–H groups in total. The second kappa shape index (κ2) is 9.49. The molecule has 0 radical (unpaired) electrons. The van der Waals surface area contributed by atoms with Gasteiger partial charge in [0.05, 0.1) is 17.1 Å². The van der Waals surface area contributed by atoms with Crippen molar-refractivity contribution in [2.24, 2.45) is 10.2 Å². The zero-order chi connectivity index (χ0) is 25.6. The molecular weight excluding hydrogens is 568 g/mol. The number of nitrogens with zero attached hydrogens (tertiary/aromatic N) is 4. The number of para-hydroxylation sites is 1. The van der Waals surface area contributed by atoms with E-state index in [2.05, 4.69) is 40.2 Å². The van der Waals surface area contributed by atoms with Gasteiger partial charge in [0.2, 0.25) is 4.99 Å². The van der Waals surface area contributed by atoms with Crippen LogP contribution in [-0.2, 0) is 9.79 Å². The summed E-state index contributed by atoms with van der Waals surface area (Å²) in [6.45, 7) is 1.54. The number of hydrogen-bond donors (Lipinski definition) is 0. The van der Waals surface area contributed by atoms with Crippen LogP contribution in [0.4, 0.5) is 11.4 Å². The zero-order valence-electron chi connectivity index (χ0n) is 19.7. The molecule has 1 spiro atoms. The molecule has 0 aliphatic carbocycles. The third-order valence-corrected chi connectivity index (χ3v) is 8.39. The number of ketones is 1. The van der Waals surface area contributed by atoms with Crippen LogP contribution in [0.1, 0.15) is 23.6 Å². The molecule has 8 heteroatoms. The number of rotatable bonds is 4. The van der Waals surface area contributed by atoms with E-state index in [4.69, 9.17) is 21.8 Å². The van der Waals surface area contributed by atoms with Crippen molar-refractivity contribution < 1.29 is 4.79 Å². The molecule has 0 aromatic heterocycles. The molecule has 0 amide bonds. The maximum Gasteiger partial charge on any atom is 0.234 e. The lowest BCUT2D eigenvalue weighted by molar-refractivity contribution is -0.110. The van der Waals surface area contributed by atoms with Gasteiger partial charge in [0.25, 0.3) is 0 Å². The molecule has 0 saturated heterocycles. The fourth-order valence-corrected chi connectivity index (χ4v) is 6.31. The van der Waals surface area contributed by atoms with Gasteiger partial charge in [0, 0.05) is 33.1 Å². The molecule has 5 nitrogen and oxygen atoms in total. The Kier molecular flexibility index (Phi) is 6.15. The number of hydrogen-bond acceptors (Lipinski definition) is 6. The van der Waals surface area contributed by atoms with E-state index in [0.29, 0.717) is 10.1 Å². The van der Waals surface area contributed by atoms with Gasteiger partial charge in [-0.05, 0) is 54.2 Å². The Balaban J connectivity index is 1.66. The summed E-state index contributed by atoms with van der Waals surface area (Å²) >= 11 is 11.4. The van der Waals surface area contributed by atoms with E-state index in [0.717, 1.165) is 38.2 Å². The van der Waals surface area contributed by atoms with Crippen molar-refractivity contribution in [3.63, 3.8) is 0 Å². The van der Waals surface area contributed by atoms with Crippen LogP contribution in [0.25, 0.3) is 0 Å². The van der Waals surface area contributed by atoms with Gasteiger partial charge in [-0.15, -0.1) is 0 Å². The van der Waals surface area contributed by atoms with E-state index >= 15 is 0 Å². The minimum Gasteiger partial charge on any atom is -0.292 e. The number of carbonyl (C=O) groups is 1. The highest BCUT2D eigenvalue weighted by molar-refractivity contribution is 9.10. The van der Waals surface area contributed by atoms with Gasteiger partial charge in [-0.2, -0.15) is 10.2 Å². The third-order valence-electron chi connectivity index (χ3n) is 6.21. The van der Waals surface area contributed by atoms with Gasteiger partial charge >= 0.3 is 0 Å². The molecule has 2 aliphatic rings. The Morgan fingerprint density at radius 3 is 2.24 bits per heavy atom. The summed E-state index contributed by atoms with van der Waals surface area (Å²) in [5.74, 6) is -0.109. The molecule has 0 bridgehead atoms. The van der Waals surface area contributed by atoms with Crippen LogP contribution in [-0.4, -0.2) is 16.5 Å². The number of anilines is 2. The fraction of sp³-hybridized carbons (Fsp3) is 0.0690. The van der Waals surface area contributed by atoms with Gasteiger partial charge < -0.3 is 0 Å². The van der Waals surface area contributed by atoms with Crippen molar-refractivity contribution in [1.82, 2.24) is 0 Å². The smallest absolute Gasteiger partial charge is 0.234 e. The Hall–Kier alpha value is -3.39. The Labute approximate surface area is 232 Å². The van der Waals surface area contributed by atoms with E-state index in [1.807, 2.05) is 88.9 Å². The lowest BCUT2D eigenvalue weighted by Crippen LogP contribution is -2.54. The van der Waals surface area contributed by atoms with Crippen LogP contribution < -0.4 is 10.0 Å². The minimum atomic E-state index is -0.998. The van der Waals surface area contributed by atoms with Crippen molar-refractivity contribution in [3.8, 4) is 0 Å². The van der Waals surface area contributed by atoms with Crippen LogP contribution in [0.2, 0.25) is 5.02 Å². The molecule has 4 aromatic carbocycles. The molecule has 4 aromatic rings. The first-order valence-electron chi connectivity index (χ1n) is 11.6. The van der Waals surface area contributed by atoms with Gasteiger partial charge in [-0.25, -0.2) is 10.0 Å². The normalized spacial score (nSPS) is 18.5. The number of carbonyl (C=O) groups excluding carboxylic acids is 1. The molecule has 182 valence electrons. The molecule has 2 heterocycles. The van der Waals surface area contributed by atoms with E-state index < -0.39 is 4.99 Å². The summed E-state index contributed by atoms with van der Waals surface area (Å²) < 4.78 is 0.996. The summed E-state index contributed by atoms with van der Waals surface area (Å²) in [4.78, 5) is 11.7. The Bertz CT molecular complexity index is 1570. The first-order chi connectivity index (χ1) is 18.0. The van der Waals surface area contributed by atoms with E-state index in [-0.39, 0.29) is 5.78 Å². The molecule has 2 aliphatic heterocycles. The zero-order valence-corrected chi connectivity index (χ0v) is 22.8. The molecule has 1 atom stereocenters. The first-order valence-corrected chi connectivity index (χ1v) is 13.6. The van der Waals surface area contributed by atoms with Crippen molar-refractivity contribution in [2.45, 2.75) is 11.9 Å². The number of thioether (sulfide) groups is 1. The van der Waals surface area contributed by atoms with Crippen molar-refractivity contribution in [3.05, 3.63) is 129 Å². The summed E-state index contributed by atoms with van der Waals surface area (Å²) in [5.41, 5.74) is 5.38. The summed E-state index contributed by atoms with van der Waals surface area (Å²) in [6.07, 6.45) is 0. The van der Waals surface area contributed by atoms with Crippen molar-refractivity contribution in [2.75, 3.05) is 10.0 Å². The monoisotopic (exact) mass is 586 g/mol. The topological polar surface area (TPSA) is 48.3 Å². The molecule has 6 rings (SSSR count). The number of halogens is 2. The first kappa shape index (κ1) is 24.0. The second-order valence-corrected chi connectivity index (χ2v) is 11.1. The highest BCUT2D eigenvalue weighted by Crippen LogP contribution is 2.55. The maximum absolute atomic E-state index is 12.7. The lowest BCUT2D eigenvalue weighted by Gasteiger charge is -2.47. The van der Waals surface area contributed by atoms with Crippen LogP contribution in [0.3, 0.4) is 0 Å². The minimum absolute atomic E-state index is 0.109. The Morgan fingerprint density at radius 1 is 0.838 bits per heavy atom. The highest BCUT2D eigenvalue weighted by Gasteiger charge is 2.55. The van der Waals surface area contributed by atoms with E-state index in [1.54, 1.807) is 6.92 Å². The van der Waals surface area contributed by atoms with Crippen molar-refractivity contribution in [1.29, 1.82) is 0 Å². The summed E-state index contributed by atoms with van der Waals surface area (Å²) in [6, 6.07) is 33.8. The third kappa shape index (κ3) is 4.07. The van der Waals surface area contributed by atoms with Crippen molar-refractivity contribution >= 4 is 67.2 Å². The Morgan fingerprint density at radius 2 is 1.51 bits per heavy atom.